The normalized spacial score (nSPS) is 11.5. The summed E-state index contributed by atoms with van der Waals surface area (Å²) in [6, 6.07) is 25.4. The van der Waals surface area contributed by atoms with Crippen LogP contribution in [-0.2, 0) is 0 Å². The predicted octanol–water partition coefficient (Wildman–Crippen LogP) is 7.10. The molecule has 0 saturated heterocycles. The highest BCUT2D eigenvalue weighted by molar-refractivity contribution is 6.10. The molecular weight excluding hydrogens is 318 g/mol. The Morgan fingerprint density at radius 1 is 0.731 bits per heavy atom. The number of anilines is 2. The first-order valence-corrected chi connectivity index (χ1v) is 8.88. The summed E-state index contributed by atoms with van der Waals surface area (Å²) in [5.41, 5.74) is 6.43. The second kappa shape index (κ2) is 5.63. The average molecular weight is 337 g/mol. The van der Waals surface area contributed by atoms with Crippen molar-refractivity contribution in [3.05, 3.63) is 83.9 Å². The Labute approximate surface area is 152 Å². The third-order valence-corrected chi connectivity index (χ3v) is 5.05. The van der Waals surface area contributed by atoms with Gasteiger partial charge in [-0.05, 0) is 43.0 Å². The summed E-state index contributed by atoms with van der Waals surface area (Å²) in [5, 5.41) is 8.41. The van der Waals surface area contributed by atoms with E-state index in [-0.39, 0.29) is 0 Å². The zero-order chi connectivity index (χ0) is 17.7. The summed E-state index contributed by atoms with van der Waals surface area (Å²) in [7, 11) is 0. The quantitative estimate of drug-likeness (QED) is 0.371. The topological polar surface area (TPSA) is 25.2 Å². The number of rotatable bonds is 2. The van der Waals surface area contributed by atoms with Crippen LogP contribution in [0.1, 0.15) is 11.1 Å². The Bertz CT molecular complexity index is 1270. The predicted molar refractivity (Wildman–Crippen MR) is 110 cm³/mol. The monoisotopic (exact) mass is 337 g/mol. The van der Waals surface area contributed by atoms with E-state index < -0.39 is 0 Å². The van der Waals surface area contributed by atoms with Gasteiger partial charge in [-0.15, -0.1) is 0 Å². The molecule has 5 aromatic rings. The molecule has 0 aliphatic rings. The molecule has 26 heavy (non-hydrogen) atoms. The number of furan rings is 1. The first-order chi connectivity index (χ1) is 12.7. The van der Waals surface area contributed by atoms with Crippen molar-refractivity contribution in [1.82, 2.24) is 0 Å². The fraction of sp³-hybridized carbons (Fsp3) is 0.0833. The Balaban J connectivity index is 1.74. The average Bonchev–Trinajstić information content (AvgIpc) is 3.04. The minimum Gasteiger partial charge on any atom is -0.454 e. The number of nitrogens with one attached hydrogen (secondary N) is 1. The highest BCUT2D eigenvalue weighted by Gasteiger charge is 2.12. The first-order valence-electron chi connectivity index (χ1n) is 8.88. The van der Waals surface area contributed by atoms with Crippen LogP contribution >= 0.6 is 0 Å². The maximum atomic E-state index is 6.17. The van der Waals surface area contributed by atoms with Gasteiger partial charge in [-0.2, -0.15) is 0 Å². The van der Waals surface area contributed by atoms with Crippen molar-refractivity contribution in [2.75, 3.05) is 5.32 Å². The molecule has 4 aromatic carbocycles. The van der Waals surface area contributed by atoms with Crippen molar-refractivity contribution < 1.29 is 4.42 Å². The van der Waals surface area contributed by atoms with Crippen molar-refractivity contribution in [3.63, 3.8) is 0 Å². The Morgan fingerprint density at radius 3 is 2.46 bits per heavy atom. The van der Waals surface area contributed by atoms with E-state index in [4.69, 9.17) is 4.42 Å². The molecule has 5 rings (SSSR count). The number of fused-ring (bicyclic) bond motifs is 4. The number of hydrogen-bond donors (Lipinski definition) is 1. The molecule has 0 aliphatic carbocycles. The molecule has 0 bridgehead atoms. The van der Waals surface area contributed by atoms with Crippen LogP contribution in [-0.4, -0.2) is 0 Å². The highest BCUT2D eigenvalue weighted by atomic mass is 16.3. The standard InChI is InChI=1S/C24H19NO/c1-15-10-12-17-13-11-16(2)23(20(17)14-15)25-21-8-5-7-19-18-6-3-4-9-22(18)26-24(19)21/h3-14,25H,1-2H3. The van der Waals surface area contributed by atoms with Crippen LogP contribution in [0, 0.1) is 13.8 Å². The van der Waals surface area contributed by atoms with E-state index in [9.17, 15) is 0 Å². The molecular formula is C24H19NO. The maximum absolute atomic E-state index is 6.17. The van der Waals surface area contributed by atoms with E-state index in [1.165, 1.54) is 21.9 Å². The van der Waals surface area contributed by atoms with Crippen LogP contribution in [0.25, 0.3) is 32.7 Å². The third kappa shape index (κ3) is 2.26. The highest BCUT2D eigenvalue weighted by Crippen LogP contribution is 2.37. The van der Waals surface area contributed by atoms with Gasteiger partial charge in [-0.3, -0.25) is 0 Å². The minimum absolute atomic E-state index is 0.901. The van der Waals surface area contributed by atoms with Gasteiger partial charge in [-0.1, -0.05) is 60.2 Å². The second-order valence-electron chi connectivity index (χ2n) is 6.89. The lowest BCUT2D eigenvalue weighted by Gasteiger charge is -2.14. The van der Waals surface area contributed by atoms with Crippen LogP contribution in [0.3, 0.4) is 0 Å². The number of aryl methyl sites for hydroxylation is 2. The summed E-state index contributed by atoms with van der Waals surface area (Å²) < 4.78 is 6.17. The molecule has 1 N–H and O–H groups in total. The van der Waals surface area contributed by atoms with Crippen LogP contribution in [0.4, 0.5) is 11.4 Å². The molecule has 0 atom stereocenters. The number of benzene rings is 4. The zero-order valence-electron chi connectivity index (χ0n) is 14.8. The largest absolute Gasteiger partial charge is 0.454 e. The molecule has 0 radical (unpaired) electrons. The summed E-state index contributed by atoms with van der Waals surface area (Å²) in [5.74, 6) is 0. The van der Waals surface area contributed by atoms with Crippen molar-refractivity contribution in [3.8, 4) is 0 Å². The van der Waals surface area contributed by atoms with Crippen LogP contribution < -0.4 is 5.32 Å². The van der Waals surface area contributed by atoms with Crippen molar-refractivity contribution in [2.45, 2.75) is 13.8 Å². The van der Waals surface area contributed by atoms with E-state index in [0.29, 0.717) is 0 Å². The SMILES string of the molecule is Cc1ccc2ccc(C)c(Nc3cccc4c3oc3ccccc34)c2c1. The summed E-state index contributed by atoms with van der Waals surface area (Å²) >= 11 is 0. The van der Waals surface area contributed by atoms with Crippen LogP contribution in [0.2, 0.25) is 0 Å². The van der Waals surface area contributed by atoms with Crippen LogP contribution in [0.15, 0.2) is 77.2 Å². The van der Waals surface area contributed by atoms with E-state index in [0.717, 1.165) is 33.3 Å². The number of hydrogen-bond acceptors (Lipinski definition) is 2. The molecule has 0 unspecified atom stereocenters. The third-order valence-electron chi connectivity index (χ3n) is 5.05. The molecule has 0 aliphatic heterocycles. The fourth-order valence-corrected chi connectivity index (χ4v) is 3.69. The van der Waals surface area contributed by atoms with Gasteiger partial charge in [0.1, 0.15) is 5.58 Å². The van der Waals surface area contributed by atoms with Crippen LogP contribution in [0.5, 0.6) is 0 Å². The van der Waals surface area contributed by atoms with E-state index in [1.54, 1.807) is 0 Å². The number of para-hydroxylation sites is 2. The van der Waals surface area contributed by atoms with Crippen molar-refractivity contribution in [2.24, 2.45) is 0 Å². The molecule has 0 amide bonds. The molecule has 1 aromatic heterocycles. The van der Waals surface area contributed by atoms with Gasteiger partial charge in [0.15, 0.2) is 5.58 Å². The van der Waals surface area contributed by atoms with Gasteiger partial charge in [0.25, 0.3) is 0 Å². The first kappa shape index (κ1) is 15.0. The lowest BCUT2D eigenvalue weighted by Crippen LogP contribution is -1.95. The van der Waals surface area contributed by atoms with Gasteiger partial charge in [0.05, 0.1) is 5.69 Å². The molecule has 2 nitrogen and oxygen atoms in total. The maximum Gasteiger partial charge on any atom is 0.158 e. The Hall–Kier alpha value is -3.26. The van der Waals surface area contributed by atoms with E-state index >= 15 is 0 Å². The van der Waals surface area contributed by atoms with Gasteiger partial charge in [0.2, 0.25) is 0 Å². The Morgan fingerprint density at radius 2 is 1.54 bits per heavy atom. The molecule has 0 spiro atoms. The van der Waals surface area contributed by atoms with E-state index in [2.05, 4.69) is 79.8 Å². The van der Waals surface area contributed by atoms with Crippen molar-refractivity contribution in [1.29, 1.82) is 0 Å². The second-order valence-corrected chi connectivity index (χ2v) is 6.89. The fourth-order valence-electron chi connectivity index (χ4n) is 3.69. The summed E-state index contributed by atoms with van der Waals surface area (Å²) in [6.07, 6.45) is 0. The van der Waals surface area contributed by atoms with Gasteiger partial charge in [0, 0.05) is 21.8 Å². The molecule has 0 saturated carbocycles. The lowest BCUT2D eigenvalue weighted by molar-refractivity contribution is 0.670. The van der Waals surface area contributed by atoms with Gasteiger partial charge < -0.3 is 9.73 Å². The zero-order valence-corrected chi connectivity index (χ0v) is 14.8. The van der Waals surface area contributed by atoms with E-state index in [1.807, 2.05) is 12.1 Å². The van der Waals surface area contributed by atoms with Gasteiger partial charge in [-0.25, -0.2) is 0 Å². The minimum atomic E-state index is 0.901. The lowest BCUT2D eigenvalue weighted by atomic mass is 10.0. The van der Waals surface area contributed by atoms with Crippen molar-refractivity contribution >= 4 is 44.1 Å². The molecule has 2 heteroatoms. The molecule has 0 fully saturated rings. The molecule has 1 heterocycles. The van der Waals surface area contributed by atoms with Gasteiger partial charge >= 0.3 is 0 Å². The summed E-state index contributed by atoms with van der Waals surface area (Å²) in [4.78, 5) is 0. The Kier molecular flexibility index (Phi) is 3.26. The molecule has 126 valence electrons. The smallest absolute Gasteiger partial charge is 0.158 e. The summed E-state index contributed by atoms with van der Waals surface area (Å²) in [6.45, 7) is 4.27.